The summed E-state index contributed by atoms with van der Waals surface area (Å²) in [4.78, 5) is 29.8. The molecule has 3 aromatic rings. The van der Waals surface area contributed by atoms with Crippen LogP contribution in [0.1, 0.15) is 15.2 Å². The molecule has 0 aliphatic heterocycles. The average molecular weight is 409 g/mol. The standard InChI is InChI=1S/C21H19N3O4S/c1-27-17-6-5-14(13-18(17)28-2)12-16(24-21(26)19-4-3-11-29-19)20(25)23-15-7-9-22-10-8-15/h3-13H,1-2H3,(H,24,26)(H,22,23,25). The van der Waals surface area contributed by atoms with E-state index in [-0.39, 0.29) is 11.6 Å². The Balaban J connectivity index is 1.92. The maximum absolute atomic E-state index is 12.8. The van der Waals surface area contributed by atoms with Gasteiger partial charge in [-0.3, -0.25) is 14.6 Å². The van der Waals surface area contributed by atoms with Crippen molar-refractivity contribution in [3.05, 3.63) is 76.4 Å². The monoisotopic (exact) mass is 409 g/mol. The lowest BCUT2D eigenvalue weighted by Crippen LogP contribution is -2.30. The molecule has 0 radical (unpaired) electrons. The first-order valence-electron chi connectivity index (χ1n) is 8.60. The molecule has 0 spiro atoms. The molecule has 0 aliphatic carbocycles. The lowest BCUT2D eigenvalue weighted by molar-refractivity contribution is -0.113. The maximum atomic E-state index is 12.8. The SMILES string of the molecule is COc1ccc(C=C(NC(=O)c2cccs2)C(=O)Nc2ccncc2)cc1OC. The molecule has 0 saturated heterocycles. The van der Waals surface area contributed by atoms with Crippen LogP contribution in [0.15, 0.2) is 65.9 Å². The number of hydrogen-bond acceptors (Lipinski definition) is 6. The molecular weight excluding hydrogens is 390 g/mol. The Labute approximate surface area is 172 Å². The van der Waals surface area contributed by atoms with E-state index in [1.807, 2.05) is 0 Å². The summed E-state index contributed by atoms with van der Waals surface area (Å²) in [5, 5.41) is 7.23. The molecule has 0 aliphatic rings. The van der Waals surface area contributed by atoms with Gasteiger partial charge in [-0.05, 0) is 47.4 Å². The zero-order valence-electron chi connectivity index (χ0n) is 15.8. The summed E-state index contributed by atoms with van der Waals surface area (Å²) in [6.45, 7) is 0. The number of carbonyl (C=O) groups is 2. The second-order valence-electron chi connectivity index (χ2n) is 5.79. The molecule has 0 bridgehead atoms. The summed E-state index contributed by atoms with van der Waals surface area (Å²) in [6.07, 6.45) is 4.71. The second kappa shape index (κ2) is 9.52. The predicted molar refractivity (Wildman–Crippen MR) is 112 cm³/mol. The number of carbonyl (C=O) groups excluding carboxylic acids is 2. The maximum Gasteiger partial charge on any atom is 0.272 e. The van der Waals surface area contributed by atoms with Crippen LogP contribution in [0.25, 0.3) is 6.08 Å². The molecule has 2 heterocycles. The van der Waals surface area contributed by atoms with Crippen molar-refractivity contribution < 1.29 is 19.1 Å². The van der Waals surface area contributed by atoms with Gasteiger partial charge >= 0.3 is 0 Å². The molecule has 29 heavy (non-hydrogen) atoms. The zero-order chi connectivity index (χ0) is 20.6. The van der Waals surface area contributed by atoms with Crippen molar-refractivity contribution in [1.29, 1.82) is 0 Å². The number of rotatable bonds is 7. The van der Waals surface area contributed by atoms with Crippen LogP contribution in [0.5, 0.6) is 11.5 Å². The highest BCUT2D eigenvalue weighted by Crippen LogP contribution is 2.28. The van der Waals surface area contributed by atoms with Gasteiger partial charge in [0.2, 0.25) is 0 Å². The van der Waals surface area contributed by atoms with Gasteiger partial charge in [0.1, 0.15) is 5.70 Å². The topological polar surface area (TPSA) is 89.5 Å². The highest BCUT2D eigenvalue weighted by atomic mass is 32.1. The number of ether oxygens (including phenoxy) is 2. The van der Waals surface area contributed by atoms with Crippen LogP contribution < -0.4 is 20.1 Å². The number of anilines is 1. The number of amides is 2. The molecule has 1 aromatic carbocycles. The highest BCUT2D eigenvalue weighted by molar-refractivity contribution is 7.12. The number of pyridine rings is 1. The molecule has 2 N–H and O–H groups in total. The number of aromatic nitrogens is 1. The Bertz CT molecular complexity index is 1020. The third kappa shape index (κ3) is 5.20. The molecule has 0 unspecified atom stereocenters. The van der Waals surface area contributed by atoms with E-state index < -0.39 is 5.91 Å². The smallest absolute Gasteiger partial charge is 0.272 e. The lowest BCUT2D eigenvalue weighted by atomic mass is 10.1. The average Bonchev–Trinajstić information content (AvgIpc) is 3.29. The van der Waals surface area contributed by atoms with Gasteiger partial charge in [0, 0.05) is 18.1 Å². The highest BCUT2D eigenvalue weighted by Gasteiger charge is 2.16. The van der Waals surface area contributed by atoms with Crippen molar-refractivity contribution in [3.63, 3.8) is 0 Å². The van der Waals surface area contributed by atoms with Crippen molar-refractivity contribution >= 4 is 34.9 Å². The molecule has 0 atom stereocenters. The molecule has 3 rings (SSSR count). The molecule has 2 amide bonds. The number of nitrogens with zero attached hydrogens (tertiary/aromatic N) is 1. The van der Waals surface area contributed by atoms with Gasteiger partial charge in [-0.1, -0.05) is 12.1 Å². The number of nitrogens with one attached hydrogen (secondary N) is 2. The van der Waals surface area contributed by atoms with Crippen molar-refractivity contribution in [3.8, 4) is 11.5 Å². The number of benzene rings is 1. The molecule has 0 saturated carbocycles. The largest absolute Gasteiger partial charge is 0.493 e. The summed E-state index contributed by atoms with van der Waals surface area (Å²) < 4.78 is 10.5. The fraction of sp³-hybridized carbons (Fsp3) is 0.0952. The number of methoxy groups -OCH3 is 2. The van der Waals surface area contributed by atoms with Gasteiger partial charge in [-0.15, -0.1) is 11.3 Å². The number of hydrogen-bond donors (Lipinski definition) is 2. The Morgan fingerprint density at radius 2 is 1.79 bits per heavy atom. The molecule has 2 aromatic heterocycles. The zero-order valence-corrected chi connectivity index (χ0v) is 16.7. The van der Waals surface area contributed by atoms with Crippen LogP contribution in [-0.2, 0) is 4.79 Å². The first-order valence-corrected chi connectivity index (χ1v) is 9.48. The van der Waals surface area contributed by atoms with Crippen molar-refractivity contribution in [2.24, 2.45) is 0 Å². The molecular formula is C21H19N3O4S. The Morgan fingerprint density at radius 1 is 1.03 bits per heavy atom. The van der Waals surface area contributed by atoms with E-state index in [0.29, 0.717) is 27.6 Å². The Hall–Kier alpha value is -3.65. The van der Waals surface area contributed by atoms with Crippen molar-refractivity contribution in [1.82, 2.24) is 10.3 Å². The van der Waals surface area contributed by atoms with E-state index in [1.165, 1.54) is 18.4 Å². The third-order valence-corrected chi connectivity index (χ3v) is 4.76. The first-order chi connectivity index (χ1) is 14.1. The van der Waals surface area contributed by atoms with Crippen LogP contribution >= 0.6 is 11.3 Å². The summed E-state index contributed by atoms with van der Waals surface area (Å²) in [6, 6.07) is 12.0. The van der Waals surface area contributed by atoms with Gasteiger partial charge in [-0.25, -0.2) is 0 Å². The van der Waals surface area contributed by atoms with Gasteiger partial charge < -0.3 is 20.1 Å². The van der Waals surface area contributed by atoms with E-state index in [0.717, 1.165) is 0 Å². The van der Waals surface area contributed by atoms with E-state index in [2.05, 4.69) is 15.6 Å². The second-order valence-corrected chi connectivity index (χ2v) is 6.74. The van der Waals surface area contributed by atoms with Gasteiger partial charge in [-0.2, -0.15) is 0 Å². The Morgan fingerprint density at radius 3 is 2.45 bits per heavy atom. The van der Waals surface area contributed by atoms with Gasteiger partial charge in [0.05, 0.1) is 19.1 Å². The molecule has 148 valence electrons. The Kier molecular flexibility index (Phi) is 6.59. The van der Waals surface area contributed by atoms with Crippen LogP contribution in [0.4, 0.5) is 5.69 Å². The van der Waals surface area contributed by atoms with E-state index in [9.17, 15) is 9.59 Å². The lowest BCUT2D eigenvalue weighted by Gasteiger charge is -2.12. The summed E-state index contributed by atoms with van der Waals surface area (Å²) in [5.41, 5.74) is 1.31. The minimum atomic E-state index is -0.462. The number of thiophene rings is 1. The van der Waals surface area contributed by atoms with Gasteiger partial charge in [0.25, 0.3) is 11.8 Å². The van der Waals surface area contributed by atoms with Crippen LogP contribution in [0.2, 0.25) is 0 Å². The van der Waals surface area contributed by atoms with Crippen LogP contribution in [0.3, 0.4) is 0 Å². The summed E-state index contributed by atoms with van der Waals surface area (Å²) in [5.74, 6) is 0.252. The summed E-state index contributed by atoms with van der Waals surface area (Å²) in [7, 11) is 3.07. The minimum Gasteiger partial charge on any atom is -0.493 e. The quantitative estimate of drug-likeness (QED) is 0.583. The fourth-order valence-electron chi connectivity index (χ4n) is 2.49. The van der Waals surface area contributed by atoms with Crippen LogP contribution in [0, 0.1) is 0 Å². The fourth-order valence-corrected chi connectivity index (χ4v) is 3.11. The van der Waals surface area contributed by atoms with E-state index in [4.69, 9.17) is 9.47 Å². The molecule has 0 fully saturated rings. The van der Waals surface area contributed by atoms with Crippen LogP contribution in [-0.4, -0.2) is 31.0 Å². The third-order valence-electron chi connectivity index (χ3n) is 3.89. The van der Waals surface area contributed by atoms with Gasteiger partial charge in [0.15, 0.2) is 11.5 Å². The van der Waals surface area contributed by atoms with E-state index in [1.54, 1.807) is 73.4 Å². The minimum absolute atomic E-state index is 0.0902. The normalized spacial score (nSPS) is 10.9. The first kappa shape index (κ1) is 20.1. The predicted octanol–water partition coefficient (Wildman–Crippen LogP) is 3.57. The molecule has 7 nitrogen and oxygen atoms in total. The van der Waals surface area contributed by atoms with E-state index >= 15 is 0 Å². The molecule has 8 heteroatoms. The van der Waals surface area contributed by atoms with Crippen molar-refractivity contribution in [2.45, 2.75) is 0 Å². The van der Waals surface area contributed by atoms with Crippen molar-refractivity contribution in [2.75, 3.05) is 19.5 Å². The summed E-state index contributed by atoms with van der Waals surface area (Å²) >= 11 is 1.29.